The third-order valence-electron chi connectivity index (χ3n) is 7.93. The van der Waals surface area contributed by atoms with Gasteiger partial charge in [-0.25, -0.2) is 4.39 Å². The van der Waals surface area contributed by atoms with E-state index in [4.69, 9.17) is 0 Å². The lowest BCUT2D eigenvalue weighted by molar-refractivity contribution is 0.628. The third kappa shape index (κ3) is 4.00. The van der Waals surface area contributed by atoms with Crippen LogP contribution in [0.15, 0.2) is 121 Å². The van der Waals surface area contributed by atoms with Gasteiger partial charge in [0.05, 0.1) is 0 Å². The van der Waals surface area contributed by atoms with Gasteiger partial charge in [0.15, 0.2) is 0 Å². The fourth-order valence-electron chi connectivity index (χ4n) is 6.05. The molecule has 6 aromatic carbocycles. The van der Waals surface area contributed by atoms with Crippen LogP contribution in [0.3, 0.4) is 0 Å². The van der Waals surface area contributed by atoms with Gasteiger partial charge in [-0.1, -0.05) is 129 Å². The van der Waals surface area contributed by atoms with Gasteiger partial charge in [-0.15, -0.1) is 0 Å². The van der Waals surface area contributed by atoms with Crippen LogP contribution in [0.2, 0.25) is 6.55 Å². The standard InChI is InChI=1S/C35H27FPSi/c1-38(29-20-18-28(36)19-21-29)33-13-7-6-12-32(33)37-22-26-16-14-24-8-2-4-10-30(24)34(26)35-27(23-37)17-15-25-9-3-5-11-31(25)35/h2-21H,22-23H2,1H3. The van der Waals surface area contributed by atoms with E-state index >= 15 is 0 Å². The molecule has 0 aliphatic carbocycles. The van der Waals surface area contributed by atoms with Crippen LogP contribution in [0.25, 0.3) is 32.7 Å². The smallest absolute Gasteiger partial charge is 0.123 e. The van der Waals surface area contributed by atoms with E-state index < -0.39 is 16.7 Å². The minimum atomic E-state index is -1.02. The largest absolute Gasteiger partial charge is 0.207 e. The van der Waals surface area contributed by atoms with Crippen molar-refractivity contribution in [2.24, 2.45) is 0 Å². The maximum absolute atomic E-state index is 13.7. The van der Waals surface area contributed by atoms with Crippen LogP contribution in [-0.4, -0.2) is 8.80 Å². The molecule has 0 saturated heterocycles. The van der Waals surface area contributed by atoms with Gasteiger partial charge in [-0.05, 0) is 78.7 Å². The maximum atomic E-state index is 13.7. The molecule has 0 N–H and O–H groups in total. The Kier molecular flexibility index (Phi) is 5.96. The van der Waals surface area contributed by atoms with E-state index in [2.05, 4.69) is 104 Å². The zero-order valence-corrected chi connectivity index (χ0v) is 23.2. The average Bonchev–Trinajstić information content (AvgIpc) is 3.14. The highest BCUT2D eigenvalue weighted by Gasteiger charge is 2.27. The summed E-state index contributed by atoms with van der Waals surface area (Å²) in [6.45, 7) is 2.35. The number of hydrogen-bond donors (Lipinski definition) is 0. The number of halogens is 1. The van der Waals surface area contributed by atoms with Crippen molar-refractivity contribution >= 4 is 53.9 Å². The second-order valence-corrected chi connectivity index (χ2v) is 14.7. The van der Waals surface area contributed by atoms with Crippen molar-refractivity contribution in [2.45, 2.75) is 18.9 Å². The van der Waals surface area contributed by atoms with Gasteiger partial charge in [0.1, 0.15) is 14.6 Å². The minimum absolute atomic E-state index is 0.169. The fourth-order valence-corrected chi connectivity index (χ4v) is 11.3. The summed E-state index contributed by atoms with van der Waals surface area (Å²) in [5.41, 5.74) is 5.73. The molecule has 3 heteroatoms. The Hall–Kier alpha value is -3.58. The molecule has 0 aromatic heterocycles. The first kappa shape index (κ1) is 23.5. The molecule has 1 radical (unpaired) electrons. The Labute approximate surface area is 226 Å². The summed E-state index contributed by atoms with van der Waals surface area (Å²) < 4.78 is 13.7. The lowest BCUT2D eigenvalue weighted by Crippen LogP contribution is -2.46. The van der Waals surface area contributed by atoms with Gasteiger partial charge in [-0.3, -0.25) is 0 Å². The summed E-state index contributed by atoms with van der Waals surface area (Å²) in [6, 6.07) is 43.3. The highest BCUT2D eigenvalue weighted by atomic mass is 31.1. The molecule has 0 nitrogen and oxygen atoms in total. The van der Waals surface area contributed by atoms with Crippen LogP contribution in [-0.2, 0) is 12.3 Å². The lowest BCUT2D eigenvalue weighted by atomic mass is 9.88. The van der Waals surface area contributed by atoms with Gasteiger partial charge in [0.25, 0.3) is 0 Å². The molecule has 6 aromatic rings. The highest BCUT2D eigenvalue weighted by Crippen LogP contribution is 2.52. The van der Waals surface area contributed by atoms with Crippen molar-refractivity contribution in [3.8, 4) is 11.1 Å². The summed E-state index contributed by atoms with van der Waals surface area (Å²) in [6.07, 6.45) is 2.13. The van der Waals surface area contributed by atoms with Crippen molar-refractivity contribution < 1.29 is 4.39 Å². The van der Waals surface area contributed by atoms with Gasteiger partial charge in [-0.2, -0.15) is 0 Å². The first-order chi connectivity index (χ1) is 18.7. The molecule has 1 heterocycles. The number of rotatable bonds is 3. The number of hydrogen-bond acceptors (Lipinski definition) is 0. The predicted octanol–water partition coefficient (Wildman–Crippen LogP) is 7.86. The Morgan fingerprint density at radius 2 is 1.11 bits per heavy atom. The molecule has 0 atom stereocenters. The first-order valence-electron chi connectivity index (χ1n) is 13.1. The summed E-state index contributed by atoms with van der Waals surface area (Å²) >= 11 is 0. The van der Waals surface area contributed by atoms with E-state index in [9.17, 15) is 4.39 Å². The van der Waals surface area contributed by atoms with Crippen LogP contribution in [0.5, 0.6) is 0 Å². The first-order valence-corrected chi connectivity index (χ1v) is 16.8. The monoisotopic (exact) mass is 525 g/mol. The SMILES string of the molecule is C[Si](c1ccc(F)cc1)c1ccccc1P1Cc2ccc3ccccc3c2-c2c(ccc3ccccc23)C1. The average molecular weight is 526 g/mol. The van der Waals surface area contributed by atoms with Gasteiger partial charge >= 0.3 is 0 Å². The van der Waals surface area contributed by atoms with E-state index in [0.717, 1.165) is 12.3 Å². The topological polar surface area (TPSA) is 0 Å². The number of benzene rings is 6. The molecule has 0 unspecified atom stereocenters. The molecule has 0 amide bonds. The molecule has 0 spiro atoms. The highest BCUT2D eigenvalue weighted by molar-refractivity contribution is 7.64. The Balaban J connectivity index is 1.44. The Morgan fingerprint density at radius 3 is 1.71 bits per heavy atom. The van der Waals surface area contributed by atoms with Crippen molar-refractivity contribution in [1.82, 2.24) is 0 Å². The second-order valence-electron chi connectivity index (χ2n) is 10.1. The molecule has 0 bridgehead atoms. The van der Waals surface area contributed by atoms with Crippen molar-refractivity contribution in [3.63, 3.8) is 0 Å². The van der Waals surface area contributed by atoms with E-state index in [0.29, 0.717) is 0 Å². The van der Waals surface area contributed by atoms with E-state index in [-0.39, 0.29) is 5.82 Å². The predicted molar refractivity (Wildman–Crippen MR) is 165 cm³/mol. The maximum Gasteiger partial charge on any atom is 0.123 e. The quantitative estimate of drug-likeness (QED) is 0.163. The molecule has 7 rings (SSSR count). The lowest BCUT2D eigenvalue weighted by Gasteiger charge is -2.23. The van der Waals surface area contributed by atoms with Crippen molar-refractivity contribution in [1.29, 1.82) is 0 Å². The van der Waals surface area contributed by atoms with Crippen LogP contribution in [0.4, 0.5) is 4.39 Å². The van der Waals surface area contributed by atoms with E-state index in [1.54, 1.807) is 12.1 Å². The fraction of sp³-hybridized carbons (Fsp3) is 0.0857. The van der Waals surface area contributed by atoms with Crippen LogP contribution in [0.1, 0.15) is 11.1 Å². The molecule has 0 fully saturated rings. The zero-order chi connectivity index (χ0) is 25.6. The summed E-state index contributed by atoms with van der Waals surface area (Å²) in [5.74, 6) is -0.169. The van der Waals surface area contributed by atoms with E-state index in [1.165, 1.54) is 59.5 Å². The molecular weight excluding hydrogens is 498 g/mol. The summed E-state index contributed by atoms with van der Waals surface area (Å²) in [7, 11) is -1.50. The van der Waals surface area contributed by atoms with Crippen molar-refractivity contribution in [2.75, 3.05) is 0 Å². The van der Waals surface area contributed by atoms with Gasteiger partial charge in [0, 0.05) is 0 Å². The van der Waals surface area contributed by atoms with E-state index in [1.807, 2.05) is 12.1 Å². The summed E-state index contributed by atoms with van der Waals surface area (Å²) in [5, 5.41) is 9.51. The normalized spacial score (nSPS) is 13.4. The third-order valence-corrected chi connectivity index (χ3v) is 13.1. The zero-order valence-electron chi connectivity index (χ0n) is 21.3. The molecule has 0 saturated carbocycles. The van der Waals surface area contributed by atoms with Gasteiger partial charge < -0.3 is 0 Å². The van der Waals surface area contributed by atoms with Gasteiger partial charge in [0.2, 0.25) is 0 Å². The molecule has 183 valence electrons. The minimum Gasteiger partial charge on any atom is -0.207 e. The second kappa shape index (κ2) is 9.62. The Morgan fingerprint density at radius 1 is 0.579 bits per heavy atom. The van der Waals surface area contributed by atoms with Crippen LogP contribution in [0, 0.1) is 5.82 Å². The summed E-state index contributed by atoms with van der Waals surface area (Å²) in [4.78, 5) is 0. The molecule has 38 heavy (non-hydrogen) atoms. The Bertz CT molecular complexity index is 1720. The molecule has 1 aliphatic heterocycles. The van der Waals surface area contributed by atoms with Crippen molar-refractivity contribution in [3.05, 3.63) is 138 Å². The van der Waals surface area contributed by atoms with Crippen LogP contribution < -0.4 is 15.7 Å². The van der Waals surface area contributed by atoms with Crippen LogP contribution >= 0.6 is 7.92 Å². The molecular formula is C35H27FPSi. The number of fused-ring (bicyclic) bond motifs is 7. The molecule has 1 aliphatic rings.